The third-order valence-corrected chi connectivity index (χ3v) is 6.23. The summed E-state index contributed by atoms with van der Waals surface area (Å²) in [6.07, 6.45) is 5.92. The molecule has 0 bridgehead atoms. The minimum atomic E-state index is -1.13. The second-order valence-electron chi connectivity index (χ2n) is 8.29. The molecular formula is C23H19FN6O3. The third kappa shape index (κ3) is 3.05. The standard InChI is InChI=1S/C23H19FN6O3/c24-15-7-5-8-16-18(15)29(12-14-6-1-4-11-25-14)21(31)19-17(26-13-30(16)19)20-27-22(28-33-20)23(32)9-2-3-10-23/h1,4-8,11,13,32H,2-3,9-10,12H2. The van der Waals surface area contributed by atoms with E-state index in [0.717, 1.165) is 12.8 Å². The van der Waals surface area contributed by atoms with Gasteiger partial charge in [-0.3, -0.25) is 18.7 Å². The summed E-state index contributed by atoms with van der Waals surface area (Å²) >= 11 is 0. The van der Waals surface area contributed by atoms with Gasteiger partial charge in [0.2, 0.25) is 5.82 Å². The van der Waals surface area contributed by atoms with Gasteiger partial charge in [0.1, 0.15) is 28.8 Å². The van der Waals surface area contributed by atoms with Crippen LogP contribution in [0, 0.1) is 5.82 Å². The molecule has 33 heavy (non-hydrogen) atoms. The molecule has 0 amide bonds. The van der Waals surface area contributed by atoms with E-state index in [1.807, 2.05) is 6.07 Å². The highest BCUT2D eigenvalue weighted by Gasteiger charge is 2.38. The zero-order valence-corrected chi connectivity index (χ0v) is 17.5. The van der Waals surface area contributed by atoms with Gasteiger partial charge in [0.15, 0.2) is 5.69 Å². The topological polar surface area (TPSA) is 111 Å². The molecule has 1 aromatic carbocycles. The molecule has 4 aromatic heterocycles. The first-order chi connectivity index (χ1) is 16.0. The minimum Gasteiger partial charge on any atom is -0.382 e. The van der Waals surface area contributed by atoms with Crippen molar-refractivity contribution in [3.8, 4) is 11.6 Å². The Morgan fingerprint density at radius 3 is 2.73 bits per heavy atom. The van der Waals surface area contributed by atoms with E-state index in [2.05, 4.69) is 20.1 Å². The van der Waals surface area contributed by atoms with Crippen molar-refractivity contribution in [1.29, 1.82) is 0 Å². The molecule has 0 atom stereocenters. The Bertz CT molecular complexity index is 1550. The molecule has 1 fully saturated rings. The van der Waals surface area contributed by atoms with Gasteiger partial charge in [-0.15, -0.1) is 0 Å². The Hall–Kier alpha value is -3.92. The summed E-state index contributed by atoms with van der Waals surface area (Å²) in [5, 5.41) is 14.8. The lowest BCUT2D eigenvalue weighted by atomic mass is 10.0. The minimum absolute atomic E-state index is 0.0325. The maximum atomic E-state index is 14.9. The van der Waals surface area contributed by atoms with Gasteiger partial charge in [-0.25, -0.2) is 9.37 Å². The van der Waals surface area contributed by atoms with Crippen molar-refractivity contribution >= 4 is 16.6 Å². The molecule has 0 saturated heterocycles. The number of rotatable bonds is 4. The monoisotopic (exact) mass is 446 g/mol. The smallest absolute Gasteiger partial charge is 0.279 e. The first-order valence-corrected chi connectivity index (χ1v) is 10.7. The van der Waals surface area contributed by atoms with Crippen LogP contribution in [0.3, 0.4) is 0 Å². The molecule has 1 saturated carbocycles. The van der Waals surface area contributed by atoms with E-state index in [4.69, 9.17) is 4.52 Å². The summed E-state index contributed by atoms with van der Waals surface area (Å²) in [4.78, 5) is 26.7. The van der Waals surface area contributed by atoms with Gasteiger partial charge in [0, 0.05) is 6.20 Å². The van der Waals surface area contributed by atoms with E-state index in [-0.39, 0.29) is 35.0 Å². The number of fused-ring (bicyclic) bond motifs is 3. The van der Waals surface area contributed by atoms with E-state index in [1.54, 1.807) is 30.5 Å². The van der Waals surface area contributed by atoms with Gasteiger partial charge >= 0.3 is 0 Å². The van der Waals surface area contributed by atoms with Crippen molar-refractivity contribution in [3.05, 3.63) is 76.6 Å². The summed E-state index contributed by atoms with van der Waals surface area (Å²) in [5.74, 6) is -0.303. The number of imidazole rings is 1. The summed E-state index contributed by atoms with van der Waals surface area (Å²) in [5.41, 5.74) is -0.0154. The van der Waals surface area contributed by atoms with Crippen LogP contribution >= 0.6 is 0 Å². The van der Waals surface area contributed by atoms with Crippen molar-refractivity contribution < 1.29 is 14.0 Å². The molecule has 9 nitrogen and oxygen atoms in total. The molecule has 0 aliphatic heterocycles. The molecule has 1 aliphatic carbocycles. The maximum Gasteiger partial charge on any atom is 0.279 e. The van der Waals surface area contributed by atoms with E-state index in [9.17, 15) is 14.3 Å². The average molecular weight is 446 g/mol. The van der Waals surface area contributed by atoms with Crippen LogP contribution < -0.4 is 5.56 Å². The van der Waals surface area contributed by atoms with Crippen LogP contribution in [-0.2, 0) is 12.1 Å². The van der Waals surface area contributed by atoms with Gasteiger partial charge in [0.05, 0.1) is 17.8 Å². The number of aromatic nitrogens is 6. The van der Waals surface area contributed by atoms with E-state index >= 15 is 0 Å². The summed E-state index contributed by atoms with van der Waals surface area (Å²) in [6, 6.07) is 9.95. The van der Waals surface area contributed by atoms with Crippen LogP contribution in [0.15, 0.2) is 58.2 Å². The lowest BCUT2D eigenvalue weighted by Crippen LogP contribution is -2.25. The lowest BCUT2D eigenvalue weighted by Gasteiger charge is -2.16. The molecule has 5 aromatic rings. The van der Waals surface area contributed by atoms with Gasteiger partial charge in [-0.05, 0) is 49.9 Å². The van der Waals surface area contributed by atoms with Crippen LogP contribution in [0.2, 0.25) is 0 Å². The normalized spacial score (nSPS) is 15.6. The van der Waals surface area contributed by atoms with Gasteiger partial charge < -0.3 is 9.63 Å². The maximum absolute atomic E-state index is 14.9. The van der Waals surface area contributed by atoms with E-state index < -0.39 is 17.0 Å². The number of para-hydroxylation sites is 1. The molecule has 1 N–H and O–H groups in total. The Balaban J connectivity index is 1.58. The van der Waals surface area contributed by atoms with Crippen LogP contribution in [0.25, 0.3) is 28.1 Å². The molecule has 4 heterocycles. The first-order valence-electron chi connectivity index (χ1n) is 10.7. The molecular weight excluding hydrogens is 427 g/mol. The van der Waals surface area contributed by atoms with Gasteiger partial charge in [0.25, 0.3) is 11.4 Å². The Labute approximate surface area is 186 Å². The van der Waals surface area contributed by atoms with E-state index in [0.29, 0.717) is 24.1 Å². The highest BCUT2D eigenvalue weighted by atomic mass is 19.1. The Morgan fingerprint density at radius 2 is 1.94 bits per heavy atom. The number of nitrogens with zero attached hydrogens (tertiary/aromatic N) is 6. The van der Waals surface area contributed by atoms with Crippen molar-refractivity contribution in [2.45, 2.75) is 37.8 Å². The molecule has 0 unspecified atom stereocenters. The highest BCUT2D eigenvalue weighted by molar-refractivity contribution is 5.83. The average Bonchev–Trinajstić information content (AvgIpc) is 3.57. The molecule has 6 rings (SSSR count). The van der Waals surface area contributed by atoms with E-state index in [1.165, 1.54) is 21.4 Å². The molecule has 10 heteroatoms. The quantitative estimate of drug-likeness (QED) is 0.452. The SMILES string of the molecule is O=c1c2c(-c3nc(C4(O)CCCC4)no3)ncn2c2cccc(F)c2n1Cc1ccccn1. The summed E-state index contributed by atoms with van der Waals surface area (Å²) in [7, 11) is 0. The van der Waals surface area contributed by atoms with Crippen molar-refractivity contribution in [1.82, 2.24) is 29.1 Å². The fourth-order valence-electron chi connectivity index (χ4n) is 4.58. The predicted octanol–water partition coefficient (Wildman–Crippen LogP) is 3.04. The second kappa shape index (κ2) is 7.31. The lowest BCUT2D eigenvalue weighted by molar-refractivity contribution is 0.0328. The predicted molar refractivity (Wildman–Crippen MR) is 116 cm³/mol. The zero-order valence-electron chi connectivity index (χ0n) is 17.5. The second-order valence-corrected chi connectivity index (χ2v) is 8.29. The summed E-state index contributed by atoms with van der Waals surface area (Å²) < 4.78 is 23.2. The van der Waals surface area contributed by atoms with Gasteiger partial charge in [-0.2, -0.15) is 4.98 Å². The summed E-state index contributed by atoms with van der Waals surface area (Å²) in [6.45, 7) is 0.0764. The number of hydrogen-bond donors (Lipinski definition) is 1. The molecule has 0 radical (unpaired) electrons. The fourth-order valence-corrected chi connectivity index (χ4v) is 4.58. The van der Waals surface area contributed by atoms with Crippen LogP contribution in [0.4, 0.5) is 4.39 Å². The zero-order chi connectivity index (χ0) is 22.6. The van der Waals surface area contributed by atoms with Crippen molar-refractivity contribution in [2.24, 2.45) is 0 Å². The largest absolute Gasteiger partial charge is 0.382 e. The fraction of sp³-hybridized carbons (Fsp3) is 0.261. The third-order valence-electron chi connectivity index (χ3n) is 6.23. The molecule has 1 aliphatic rings. The van der Waals surface area contributed by atoms with Crippen molar-refractivity contribution in [2.75, 3.05) is 0 Å². The van der Waals surface area contributed by atoms with Crippen molar-refractivity contribution in [3.63, 3.8) is 0 Å². The number of pyridine rings is 1. The first kappa shape index (κ1) is 19.7. The van der Waals surface area contributed by atoms with Crippen LogP contribution in [-0.4, -0.2) is 34.2 Å². The number of aliphatic hydroxyl groups is 1. The molecule has 0 spiro atoms. The number of halogens is 1. The van der Waals surface area contributed by atoms with Crippen LogP contribution in [0.1, 0.15) is 37.2 Å². The van der Waals surface area contributed by atoms with Gasteiger partial charge in [-0.1, -0.05) is 17.3 Å². The van der Waals surface area contributed by atoms with Crippen LogP contribution in [0.5, 0.6) is 0 Å². The highest BCUT2D eigenvalue weighted by Crippen LogP contribution is 2.37. The molecule has 166 valence electrons. The Morgan fingerprint density at radius 1 is 1.09 bits per heavy atom. The number of hydrogen-bond acceptors (Lipinski definition) is 7. The number of benzene rings is 1. The Kier molecular flexibility index (Phi) is 4.37.